The van der Waals surface area contributed by atoms with Gasteiger partial charge in [0.2, 0.25) is 0 Å². The predicted molar refractivity (Wildman–Crippen MR) is 86.3 cm³/mol. The topological polar surface area (TPSA) is 57.5 Å². The molecule has 2 aromatic carbocycles. The molecule has 0 amide bonds. The van der Waals surface area contributed by atoms with Crippen molar-refractivity contribution in [1.29, 1.82) is 0 Å². The zero-order valence-electron chi connectivity index (χ0n) is 8.93. The van der Waals surface area contributed by atoms with Crippen molar-refractivity contribution in [1.82, 2.24) is 0 Å². The highest BCUT2D eigenvalue weighted by Crippen LogP contribution is 2.27. The van der Waals surface area contributed by atoms with Gasteiger partial charge in [-0.05, 0) is 81.6 Å². The molecule has 0 saturated heterocycles. The number of rotatable bonds is 2. The van der Waals surface area contributed by atoms with E-state index in [1.165, 1.54) is 12.1 Å². The quantitative estimate of drug-likeness (QED) is 0.640. The van der Waals surface area contributed by atoms with Crippen molar-refractivity contribution in [3.05, 3.63) is 43.5 Å². The molecule has 0 aliphatic rings. The van der Waals surface area contributed by atoms with Crippen molar-refractivity contribution in [2.75, 3.05) is 0 Å². The summed E-state index contributed by atoms with van der Waals surface area (Å²) >= 11 is 3.98. The molecular weight excluding hydrogens is 478 g/mol. The minimum atomic E-state index is -1.32. The Balaban J connectivity index is 2.41. The monoisotopic (exact) mass is 486 g/mol. The number of aromatic hydroxyl groups is 2. The van der Waals surface area contributed by atoms with Gasteiger partial charge in [-0.15, -0.1) is 0 Å². The van der Waals surface area contributed by atoms with Crippen LogP contribution >= 0.6 is 45.2 Å². The van der Waals surface area contributed by atoms with Crippen LogP contribution in [0.5, 0.6) is 11.5 Å². The largest absolute Gasteiger partial charge is 0.507 e. The molecule has 18 heavy (non-hydrogen) atoms. The molecule has 0 fully saturated rings. The van der Waals surface area contributed by atoms with Crippen LogP contribution in [-0.4, -0.2) is 14.4 Å². The van der Waals surface area contributed by atoms with E-state index in [4.69, 9.17) is 0 Å². The summed E-state index contributed by atoms with van der Waals surface area (Å²) in [4.78, 5) is 1.25. The van der Waals surface area contributed by atoms with Crippen molar-refractivity contribution in [2.45, 2.75) is 9.79 Å². The third kappa shape index (κ3) is 2.97. The van der Waals surface area contributed by atoms with Gasteiger partial charge in [-0.3, -0.25) is 0 Å². The van der Waals surface area contributed by atoms with Gasteiger partial charge >= 0.3 is 0 Å². The summed E-state index contributed by atoms with van der Waals surface area (Å²) in [6, 6.07) is 9.69. The summed E-state index contributed by atoms with van der Waals surface area (Å²) in [5.74, 6) is 0.355. The Kier molecular flexibility index (Phi) is 4.49. The van der Waals surface area contributed by atoms with Gasteiger partial charge in [0.1, 0.15) is 11.5 Å². The van der Waals surface area contributed by atoms with Crippen LogP contribution in [0.15, 0.2) is 46.2 Å². The number of phenols is 2. The Morgan fingerprint density at radius 3 is 1.56 bits per heavy atom. The Hall–Kier alpha value is -0.350. The van der Waals surface area contributed by atoms with Gasteiger partial charge in [0.15, 0.2) is 0 Å². The number of hydrogen-bond donors (Lipinski definition) is 2. The lowest BCUT2D eigenvalue weighted by atomic mass is 10.3. The zero-order valence-corrected chi connectivity index (χ0v) is 14.1. The van der Waals surface area contributed by atoms with E-state index in [1.54, 1.807) is 24.3 Å². The Morgan fingerprint density at radius 1 is 0.833 bits per heavy atom. The van der Waals surface area contributed by atoms with E-state index in [0.29, 0.717) is 16.9 Å². The molecule has 0 saturated carbocycles. The Morgan fingerprint density at radius 2 is 1.22 bits per heavy atom. The van der Waals surface area contributed by atoms with E-state index in [-0.39, 0.29) is 11.5 Å². The minimum absolute atomic E-state index is 0.177. The molecule has 2 aromatic rings. The molecule has 94 valence electrons. The van der Waals surface area contributed by atoms with Crippen LogP contribution in [0.3, 0.4) is 0 Å². The highest BCUT2D eigenvalue weighted by Gasteiger charge is 2.11. The van der Waals surface area contributed by atoms with Crippen LogP contribution in [0.4, 0.5) is 0 Å². The smallest absolute Gasteiger partial charge is 0.128 e. The van der Waals surface area contributed by atoms with Crippen LogP contribution in [-0.2, 0) is 10.8 Å². The van der Waals surface area contributed by atoms with Gasteiger partial charge in [0.25, 0.3) is 0 Å². The second kappa shape index (κ2) is 5.74. The summed E-state index contributed by atoms with van der Waals surface area (Å²) in [7, 11) is -1.32. The van der Waals surface area contributed by atoms with E-state index in [9.17, 15) is 14.4 Å². The summed E-state index contributed by atoms with van der Waals surface area (Å²) in [6.07, 6.45) is 0. The molecule has 0 atom stereocenters. The highest BCUT2D eigenvalue weighted by molar-refractivity contribution is 14.1. The van der Waals surface area contributed by atoms with Gasteiger partial charge in [-0.2, -0.15) is 0 Å². The molecule has 3 nitrogen and oxygen atoms in total. The SMILES string of the molecule is O=S(c1ccc(O)c(I)c1)c1ccc(O)c(I)c1. The maximum atomic E-state index is 12.3. The summed E-state index contributed by atoms with van der Waals surface area (Å²) in [5, 5.41) is 18.9. The molecule has 0 aromatic heterocycles. The van der Waals surface area contributed by atoms with Crippen molar-refractivity contribution in [2.24, 2.45) is 0 Å². The molecule has 0 spiro atoms. The minimum Gasteiger partial charge on any atom is -0.507 e. The lowest BCUT2D eigenvalue weighted by Crippen LogP contribution is -1.94. The van der Waals surface area contributed by atoms with Crippen LogP contribution in [0.2, 0.25) is 0 Å². The maximum Gasteiger partial charge on any atom is 0.128 e. The molecule has 6 heteroatoms. The van der Waals surface area contributed by atoms with E-state index in [1.807, 2.05) is 45.2 Å². The fourth-order valence-corrected chi connectivity index (χ4v) is 3.90. The Bertz CT molecular complexity index is 575. The number of halogens is 2. The van der Waals surface area contributed by atoms with E-state index in [0.717, 1.165) is 0 Å². The van der Waals surface area contributed by atoms with Gasteiger partial charge in [0, 0.05) is 9.79 Å². The first-order valence-corrected chi connectivity index (χ1v) is 8.18. The van der Waals surface area contributed by atoms with Gasteiger partial charge in [-0.25, -0.2) is 4.21 Å². The summed E-state index contributed by atoms with van der Waals surface area (Å²) in [5.41, 5.74) is 0. The van der Waals surface area contributed by atoms with Gasteiger partial charge in [0.05, 0.1) is 17.9 Å². The Labute approximate surface area is 134 Å². The first-order valence-electron chi connectivity index (χ1n) is 4.88. The fraction of sp³-hybridized carbons (Fsp3) is 0. The molecular formula is C12H8I2O3S. The normalized spacial score (nSPS) is 10.8. The average Bonchev–Trinajstić information content (AvgIpc) is 2.35. The standard InChI is InChI=1S/C12H8I2O3S/c13-9-5-7(1-3-11(9)15)18(17)8-2-4-12(16)10(14)6-8/h1-6,15-16H. The van der Waals surface area contributed by atoms with Crippen molar-refractivity contribution >= 4 is 56.0 Å². The molecule has 0 aliphatic carbocycles. The van der Waals surface area contributed by atoms with Crippen molar-refractivity contribution in [3.8, 4) is 11.5 Å². The zero-order chi connectivity index (χ0) is 13.3. The van der Waals surface area contributed by atoms with Crippen molar-refractivity contribution in [3.63, 3.8) is 0 Å². The summed E-state index contributed by atoms with van der Waals surface area (Å²) < 4.78 is 13.6. The van der Waals surface area contributed by atoms with Crippen molar-refractivity contribution < 1.29 is 14.4 Å². The number of phenolic OH excluding ortho intramolecular Hbond substituents is 2. The van der Waals surface area contributed by atoms with Crippen LogP contribution in [0, 0.1) is 7.14 Å². The van der Waals surface area contributed by atoms with Crippen LogP contribution in [0.1, 0.15) is 0 Å². The maximum absolute atomic E-state index is 12.3. The molecule has 0 heterocycles. The molecule has 2 N–H and O–H groups in total. The van der Waals surface area contributed by atoms with Gasteiger partial charge in [-0.1, -0.05) is 0 Å². The average molecular weight is 486 g/mol. The third-order valence-electron chi connectivity index (χ3n) is 2.27. The second-order valence-electron chi connectivity index (χ2n) is 3.50. The lowest BCUT2D eigenvalue weighted by Gasteiger charge is -2.05. The lowest BCUT2D eigenvalue weighted by molar-refractivity contribution is 0.470. The fourth-order valence-electron chi connectivity index (χ4n) is 1.34. The predicted octanol–water partition coefficient (Wildman–Crippen LogP) is 3.47. The number of benzene rings is 2. The number of hydrogen-bond acceptors (Lipinski definition) is 3. The van der Waals surface area contributed by atoms with Crippen LogP contribution < -0.4 is 0 Å². The first kappa shape index (κ1) is 14.1. The molecule has 0 bridgehead atoms. The van der Waals surface area contributed by atoms with Crippen LogP contribution in [0.25, 0.3) is 0 Å². The molecule has 0 unspecified atom stereocenters. The van der Waals surface area contributed by atoms with E-state index >= 15 is 0 Å². The highest BCUT2D eigenvalue weighted by atomic mass is 127. The first-order chi connectivity index (χ1) is 8.49. The molecule has 2 rings (SSSR count). The van der Waals surface area contributed by atoms with E-state index in [2.05, 4.69) is 0 Å². The molecule has 0 aliphatic heterocycles. The van der Waals surface area contributed by atoms with E-state index < -0.39 is 10.8 Å². The second-order valence-corrected chi connectivity index (χ2v) is 7.30. The third-order valence-corrected chi connectivity index (χ3v) is 5.36. The molecule has 0 radical (unpaired) electrons. The van der Waals surface area contributed by atoms with Gasteiger partial charge < -0.3 is 10.2 Å². The summed E-state index contributed by atoms with van der Waals surface area (Å²) in [6.45, 7) is 0.